The lowest BCUT2D eigenvalue weighted by atomic mass is 10.2. The van der Waals surface area contributed by atoms with Crippen molar-refractivity contribution in [2.45, 2.75) is 26.9 Å². The summed E-state index contributed by atoms with van der Waals surface area (Å²) in [6.07, 6.45) is 0. The number of benzene rings is 2. The third kappa shape index (κ3) is 6.76. The molecule has 30 heavy (non-hydrogen) atoms. The first-order valence-corrected chi connectivity index (χ1v) is 9.95. The number of hydrogen-bond donors (Lipinski definition) is 2. The van der Waals surface area contributed by atoms with Gasteiger partial charge in [-0.15, -0.1) is 0 Å². The Balaban J connectivity index is 1.97. The Hall–Kier alpha value is -3.09. The minimum Gasteiger partial charge on any atom is -0.493 e. The van der Waals surface area contributed by atoms with E-state index in [-0.39, 0.29) is 0 Å². The maximum absolute atomic E-state index is 5.80. The molecule has 0 heterocycles. The van der Waals surface area contributed by atoms with Crippen molar-refractivity contribution in [3.8, 4) is 23.0 Å². The van der Waals surface area contributed by atoms with Crippen LogP contribution in [0.5, 0.6) is 23.0 Å². The zero-order valence-corrected chi connectivity index (χ0v) is 18.7. The summed E-state index contributed by atoms with van der Waals surface area (Å²) >= 11 is 0. The second-order valence-corrected chi connectivity index (χ2v) is 7.17. The van der Waals surface area contributed by atoms with Gasteiger partial charge in [-0.05, 0) is 41.3 Å². The molecule has 2 aromatic rings. The van der Waals surface area contributed by atoms with E-state index >= 15 is 0 Å². The molecule has 2 rings (SSSR count). The van der Waals surface area contributed by atoms with Gasteiger partial charge in [0.2, 0.25) is 5.75 Å². The van der Waals surface area contributed by atoms with Crippen molar-refractivity contribution in [2.24, 2.45) is 10.9 Å². The van der Waals surface area contributed by atoms with Gasteiger partial charge in [0.15, 0.2) is 17.5 Å². The van der Waals surface area contributed by atoms with E-state index in [1.807, 2.05) is 30.3 Å². The third-order valence-corrected chi connectivity index (χ3v) is 4.35. The molecule has 0 aromatic heterocycles. The van der Waals surface area contributed by atoms with E-state index in [0.29, 0.717) is 48.8 Å². The fourth-order valence-corrected chi connectivity index (χ4v) is 2.84. The molecule has 2 N–H and O–H groups in total. The summed E-state index contributed by atoms with van der Waals surface area (Å²) < 4.78 is 22.0. The zero-order valence-electron chi connectivity index (χ0n) is 18.7. The summed E-state index contributed by atoms with van der Waals surface area (Å²) in [7, 11) is 6.54. The smallest absolute Gasteiger partial charge is 0.203 e. The minimum atomic E-state index is 0.491. The van der Waals surface area contributed by atoms with Crippen molar-refractivity contribution in [3.05, 3.63) is 47.5 Å². The van der Waals surface area contributed by atoms with Crippen molar-refractivity contribution >= 4 is 5.96 Å². The van der Waals surface area contributed by atoms with Crippen LogP contribution in [0.15, 0.2) is 41.4 Å². The van der Waals surface area contributed by atoms with Crippen molar-refractivity contribution < 1.29 is 18.9 Å². The fraction of sp³-hybridized carbons (Fsp3) is 0.435. The predicted octanol–water partition coefficient (Wildman–Crippen LogP) is 3.61. The van der Waals surface area contributed by atoms with E-state index in [0.717, 1.165) is 16.9 Å². The monoisotopic (exact) mass is 415 g/mol. The van der Waals surface area contributed by atoms with E-state index in [4.69, 9.17) is 18.9 Å². The van der Waals surface area contributed by atoms with Crippen molar-refractivity contribution in [1.29, 1.82) is 0 Å². The largest absolute Gasteiger partial charge is 0.493 e. The molecule has 0 spiro atoms. The van der Waals surface area contributed by atoms with Crippen LogP contribution in [0.4, 0.5) is 0 Å². The molecule has 7 nitrogen and oxygen atoms in total. The molecule has 0 aliphatic heterocycles. The van der Waals surface area contributed by atoms with Crippen LogP contribution >= 0.6 is 0 Å². The first-order valence-electron chi connectivity index (χ1n) is 9.95. The van der Waals surface area contributed by atoms with Crippen LogP contribution in [-0.4, -0.2) is 40.9 Å². The first-order chi connectivity index (χ1) is 14.5. The molecule has 0 radical (unpaired) electrons. The third-order valence-electron chi connectivity index (χ3n) is 4.35. The van der Waals surface area contributed by atoms with Crippen LogP contribution in [0.2, 0.25) is 0 Å². The van der Waals surface area contributed by atoms with Crippen molar-refractivity contribution in [3.63, 3.8) is 0 Å². The number of nitrogens with one attached hydrogen (secondary N) is 2. The summed E-state index contributed by atoms with van der Waals surface area (Å²) in [4.78, 5) is 4.30. The van der Waals surface area contributed by atoms with E-state index < -0.39 is 0 Å². The van der Waals surface area contributed by atoms with Gasteiger partial charge >= 0.3 is 0 Å². The number of rotatable bonds is 10. The average molecular weight is 416 g/mol. The van der Waals surface area contributed by atoms with Gasteiger partial charge in [-0.1, -0.05) is 26.0 Å². The Morgan fingerprint density at radius 3 is 2.07 bits per heavy atom. The van der Waals surface area contributed by atoms with Crippen molar-refractivity contribution in [1.82, 2.24) is 10.6 Å². The molecule has 7 heteroatoms. The Morgan fingerprint density at radius 1 is 0.900 bits per heavy atom. The molecule has 0 atom stereocenters. The highest BCUT2D eigenvalue weighted by Gasteiger charge is 2.13. The fourth-order valence-electron chi connectivity index (χ4n) is 2.84. The molecule has 0 unspecified atom stereocenters. The minimum absolute atomic E-state index is 0.491. The molecule has 0 saturated heterocycles. The molecule has 0 aliphatic rings. The van der Waals surface area contributed by atoms with E-state index in [1.165, 1.54) is 0 Å². The average Bonchev–Trinajstić information content (AvgIpc) is 2.77. The van der Waals surface area contributed by atoms with Crippen LogP contribution in [0.1, 0.15) is 25.0 Å². The molecule has 0 saturated carbocycles. The van der Waals surface area contributed by atoms with E-state index in [9.17, 15) is 0 Å². The Kier molecular flexibility index (Phi) is 9.12. The summed E-state index contributed by atoms with van der Waals surface area (Å²) in [5, 5.41) is 6.63. The van der Waals surface area contributed by atoms with Crippen LogP contribution in [0.25, 0.3) is 0 Å². The van der Waals surface area contributed by atoms with Crippen molar-refractivity contribution in [2.75, 3.05) is 35.0 Å². The van der Waals surface area contributed by atoms with Gasteiger partial charge in [-0.3, -0.25) is 4.99 Å². The molecular weight excluding hydrogens is 382 g/mol. The second kappa shape index (κ2) is 11.8. The van der Waals surface area contributed by atoms with Crippen LogP contribution in [-0.2, 0) is 13.1 Å². The van der Waals surface area contributed by atoms with Crippen LogP contribution in [0.3, 0.4) is 0 Å². The number of methoxy groups -OCH3 is 3. The lowest BCUT2D eigenvalue weighted by molar-refractivity contribution is 0.271. The van der Waals surface area contributed by atoms with E-state index in [2.05, 4.69) is 35.5 Å². The lowest BCUT2D eigenvalue weighted by Crippen LogP contribution is -2.36. The molecule has 0 aliphatic carbocycles. The maximum atomic E-state index is 5.80. The van der Waals surface area contributed by atoms with Gasteiger partial charge < -0.3 is 29.6 Å². The summed E-state index contributed by atoms with van der Waals surface area (Å²) in [6, 6.07) is 11.9. The second-order valence-electron chi connectivity index (χ2n) is 7.17. The molecule has 0 bridgehead atoms. The van der Waals surface area contributed by atoms with Gasteiger partial charge in [0.1, 0.15) is 5.75 Å². The molecular formula is C23H33N3O4. The Morgan fingerprint density at radius 2 is 1.53 bits per heavy atom. The topological polar surface area (TPSA) is 73.3 Å². The summed E-state index contributed by atoms with van der Waals surface area (Å²) in [5.41, 5.74) is 2.10. The number of guanidine groups is 1. The predicted molar refractivity (Wildman–Crippen MR) is 120 cm³/mol. The maximum Gasteiger partial charge on any atom is 0.203 e. The van der Waals surface area contributed by atoms with Gasteiger partial charge in [0.05, 0.1) is 27.9 Å². The summed E-state index contributed by atoms with van der Waals surface area (Å²) in [5.74, 6) is 3.88. The quantitative estimate of drug-likeness (QED) is 0.456. The molecule has 0 fully saturated rings. The summed E-state index contributed by atoms with van der Waals surface area (Å²) in [6.45, 7) is 6.15. The number of ether oxygens (including phenoxy) is 4. The molecule has 164 valence electrons. The number of hydrogen-bond acceptors (Lipinski definition) is 5. The Labute approximate surface area is 179 Å². The van der Waals surface area contributed by atoms with Gasteiger partial charge in [-0.25, -0.2) is 0 Å². The molecule has 2 aromatic carbocycles. The van der Waals surface area contributed by atoms with Gasteiger partial charge in [0.25, 0.3) is 0 Å². The molecule has 0 amide bonds. The number of nitrogens with zero attached hydrogens (tertiary/aromatic N) is 1. The standard InChI is InChI=1S/C23H33N3O4/c1-16(2)15-30-19-9-7-8-17(10-19)13-25-23(24-3)26-14-18-11-20(27-4)22(29-6)21(12-18)28-5/h7-12,16H,13-15H2,1-6H3,(H2,24,25,26). The normalized spacial score (nSPS) is 11.2. The lowest BCUT2D eigenvalue weighted by Gasteiger charge is -2.16. The zero-order chi connectivity index (χ0) is 21.9. The van der Waals surface area contributed by atoms with Gasteiger partial charge in [-0.2, -0.15) is 0 Å². The van der Waals surface area contributed by atoms with E-state index in [1.54, 1.807) is 28.4 Å². The van der Waals surface area contributed by atoms with Gasteiger partial charge in [0, 0.05) is 20.1 Å². The number of aliphatic imine (C=N–C) groups is 1. The highest BCUT2D eigenvalue weighted by atomic mass is 16.5. The SMILES string of the molecule is CN=C(NCc1cccc(OCC(C)C)c1)NCc1cc(OC)c(OC)c(OC)c1. The Bertz CT molecular complexity index is 812. The first kappa shape index (κ1) is 23.2. The van der Waals surface area contributed by atoms with Crippen LogP contribution in [0, 0.1) is 5.92 Å². The van der Waals surface area contributed by atoms with Crippen LogP contribution < -0.4 is 29.6 Å². The highest BCUT2D eigenvalue weighted by molar-refractivity contribution is 5.79. The highest BCUT2D eigenvalue weighted by Crippen LogP contribution is 2.38.